The summed E-state index contributed by atoms with van der Waals surface area (Å²) >= 11 is 0. The van der Waals surface area contributed by atoms with Crippen molar-refractivity contribution < 1.29 is 23.9 Å². The van der Waals surface area contributed by atoms with Gasteiger partial charge in [-0.3, -0.25) is 9.69 Å². The van der Waals surface area contributed by atoms with Gasteiger partial charge in [-0.2, -0.15) is 0 Å². The van der Waals surface area contributed by atoms with E-state index >= 15 is 0 Å². The van der Waals surface area contributed by atoms with E-state index in [0.717, 1.165) is 0 Å². The second kappa shape index (κ2) is 5.66. The zero-order chi connectivity index (χ0) is 13.8. The highest BCUT2D eigenvalue weighted by Crippen LogP contribution is 2.08. The van der Waals surface area contributed by atoms with Crippen LogP contribution in [0.5, 0.6) is 0 Å². The molecule has 0 fully saturated rings. The lowest BCUT2D eigenvalue weighted by molar-refractivity contribution is -0.158. The molecular weight excluding hydrogens is 238 g/mol. The largest absolute Gasteiger partial charge is 0.457 e. The Kier molecular flexibility index (Phi) is 4.47. The number of carbonyl (C=O) groups is 3. The lowest BCUT2D eigenvalue weighted by Gasteiger charge is -2.22. The topological polar surface area (TPSA) is 72.9 Å². The predicted molar refractivity (Wildman–Crippen MR) is 62.7 cm³/mol. The molecule has 18 heavy (non-hydrogen) atoms. The van der Waals surface area contributed by atoms with Crippen LogP contribution in [-0.4, -0.2) is 41.5 Å². The predicted octanol–water partition coefficient (Wildman–Crippen LogP) is 1.25. The zero-order valence-corrected chi connectivity index (χ0v) is 10.8. The maximum atomic E-state index is 11.5. The number of nitrogens with zero attached hydrogens (tertiary/aromatic N) is 1. The van der Waals surface area contributed by atoms with Crippen LogP contribution >= 0.6 is 0 Å². The molecule has 0 bridgehead atoms. The van der Waals surface area contributed by atoms with E-state index in [1.165, 1.54) is 17.2 Å². The van der Waals surface area contributed by atoms with Crippen LogP contribution in [-0.2, 0) is 19.1 Å². The number of esters is 1. The van der Waals surface area contributed by atoms with Crippen LogP contribution in [0.3, 0.4) is 0 Å². The quantitative estimate of drug-likeness (QED) is 0.694. The third-order valence-corrected chi connectivity index (χ3v) is 2.01. The molecule has 0 radical (unpaired) electrons. The van der Waals surface area contributed by atoms with Crippen molar-refractivity contribution in [2.75, 3.05) is 13.2 Å². The van der Waals surface area contributed by atoms with Crippen LogP contribution in [0.15, 0.2) is 12.3 Å². The molecule has 6 nitrogen and oxygen atoms in total. The third kappa shape index (κ3) is 4.99. The van der Waals surface area contributed by atoms with Gasteiger partial charge in [0.15, 0.2) is 12.4 Å². The second-order valence-corrected chi connectivity index (χ2v) is 4.87. The lowest BCUT2D eigenvalue weighted by Crippen LogP contribution is -2.34. The fourth-order valence-electron chi connectivity index (χ4n) is 1.29. The Labute approximate surface area is 106 Å². The van der Waals surface area contributed by atoms with Gasteiger partial charge < -0.3 is 9.47 Å². The first kappa shape index (κ1) is 14.2. The van der Waals surface area contributed by atoms with Gasteiger partial charge in [0.1, 0.15) is 5.60 Å². The van der Waals surface area contributed by atoms with E-state index in [1.807, 2.05) is 0 Å². The number of hydrogen-bond acceptors (Lipinski definition) is 5. The van der Waals surface area contributed by atoms with Crippen molar-refractivity contribution in [1.29, 1.82) is 0 Å². The van der Waals surface area contributed by atoms with Crippen molar-refractivity contribution in [2.45, 2.75) is 32.8 Å². The van der Waals surface area contributed by atoms with E-state index in [0.29, 0.717) is 0 Å². The molecule has 0 aliphatic carbocycles. The van der Waals surface area contributed by atoms with E-state index in [4.69, 9.17) is 9.47 Å². The SMILES string of the molecule is CC(C)(C)OC(=O)COC(=O)N1C=CC(=O)CC1. The first-order valence-electron chi connectivity index (χ1n) is 5.64. The first-order valence-corrected chi connectivity index (χ1v) is 5.64. The van der Waals surface area contributed by atoms with Gasteiger partial charge in [-0.15, -0.1) is 0 Å². The van der Waals surface area contributed by atoms with E-state index < -0.39 is 24.3 Å². The van der Waals surface area contributed by atoms with E-state index in [2.05, 4.69) is 0 Å². The molecule has 1 heterocycles. The molecular formula is C12H17NO5. The first-order chi connectivity index (χ1) is 8.28. The van der Waals surface area contributed by atoms with Gasteiger partial charge in [0, 0.05) is 19.2 Å². The van der Waals surface area contributed by atoms with Crippen molar-refractivity contribution in [3.63, 3.8) is 0 Å². The number of rotatable bonds is 2. The number of amides is 1. The van der Waals surface area contributed by atoms with Crippen molar-refractivity contribution in [2.24, 2.45) is 0 Å². The van der Waals surface area contributed by atoms with Crippen LogP contribution in [0.4, 0.5) is 4.79 Å². The number of allylic oxidation sites excluding steroid dienone is 1. The molecule has 0 N–H and O–H groups in total. The van der Waals surface area contributed by atoms with Crippen molar-refractivity contribution in [3.8, 4) is 0 Å². The molecule has 0 aromatic carbocycles. The lowest BCUT2D eigenvalue weighted by atomic mass is 10.2. The number of ether oxygens (including phenoxy) is 2. The van der Waals surface area contributed by atoms with E-state index in [9.17, 15) is 14.4 Å². The van der Waals surface area contributed by atoms with Gasteiger partial charge in [-0.05, 0) is 26.8 Å². The van der Waals surface area contributed by atoms with Gasteiger partial charge >= 0.3 is 12.1 Å². The maximum absolute atomic E-state index is 11.5. The van der Waals surface area contributed by atoms with Gasteiger partial charge in [0.2, 0.25) is 0 Å². The van der Waals surface area contributed by atoms with Crippen LogP contribution in [0, 0.1) is 0 Å². The summed E-state index contributed by atoms with van der Waals surface area (Å²) in [5.74, 6) is -0.640. The minimum atomic E-state index is -0.662. The standard InChI is InChI=1S/C12H17NO5/c1-12(2,3)18-10(15)8-17-11(16)13-6-4-9(14)5-7-13/h4,6H,5,7-8H2,1-3H3. The van der Waals surface area contributed by atoms with Crippen LogP contribution in [0.25, 0.3) is 0 Å². The molecule has 0 saturated carbocycles. The summed E-state index contributed by atoms with van der Waals surface area (Å²) in [6, 6.07) is 0. The molecule has 0 saturated heterocycles. The summed E-state index contributed by atoms with van der Waals surface area (Å²) < 4.78 is 9.76. The monoisotopic (exact) mass is 255 g/mol. The Morgan fingerprint density at radius 3 is 2.56 bits per heavy atom. The summed E-state index contributed by atoms with van der Waals surface area (Å²) in [6.45, 7) is 5.01. The van der Waals surface area contributed by atoms with Gasteiger partial charge in [0.05, 0.1) is 0 Å². The fraction of sp³-hybridized carbons (Fsp3) is 0.583. The molecule has 0 spiro atoms. The molecule has 0 aromatic rings. The van der Waals surface area contributed by atoms with Crippen LogP contribution in [0.2, 0.25) is 0 Å². The summed E-state index contributed by atoms with van der Waals surface area (Å²) in [6.07, 6.45) is 2.25. The Bertz CT molecular complexity index is 380. The Balaban J connectivity index is 2.35. The normalized spacial score (nSPS) is 15.5. The molecule has 0 aromatic heterocycles. The van der Waals surface area contributed by atoms with Gasteiger partial charge in [0.25, 0.3) is 0 Å². The molecule has 6 heteroatoms. The highest BCUT2D eigenvalue weighted by Gasteiger charge is 2.21. The highest BCUT2D eigenvalue weighted by molar-refractivity contribution is 5.91. The molecule has 100 valence electrons. The molecule has 1 rings (SSSR count). The zero-order valence-electron chi connectivity index (χ0n) is 10.8. The Morgan fingerprint density at radius 2 is 2.06 bits per heavy atom. The van der Waals surface area contributed by atoms with Crippen molar-refractivity contribution >= 4 is 17.8 Å². The second-order valence-electron chi connectivity index (χ2n) is 4.87. The molecule has 1 aliphatic rings. The highest BCUT2D eigenvalue weighted by atomic mass is 16.6. The molecule has 1 aliphatic heterocycles. The summed E-state index contributed by atoms with van der Waals surface area (Å²) in [7, 11) is 0. The van der Waals surface area contributed by atoms with E-state index in [1.54, 1.807) is 20.8 Å². The molecule has 1 amide bonds. The summed E-state index contributed by atoms with van der Waals surface area (Å²) in [5, 5.41) is 0. The summed E-state index contributed by atoms with van der Waals surface area (Å²) in [5.41, 5.74) is -0.610. The smallest absolute Gasteiger partial charge is 0.414 e. The molecule has 0 unspecified atom stereocenters. The Hall–Kier alpha value is -1.85. The Morgan fingerprint density at radius 1 is 1.39 bits per heavy atom. The number of carbonyl (C=O) groups excluding carboxylic acids is 3. The fourth-order valence-corrected chi connectivity index (χ4v) is 1.29. The van der Waals surface area contributed by atoms with E-state index in [-0.39, 0.29) is 18.7 Å². The number of ketones is 1. The average molecular weight is 255 g/mol. The third-order valence-electron chi connectivity index (χ3n) is 2.01. The van der Waals surface area contributed by atoms with Crippen molar-refractivity contribution in [3.05, 3.63) is 12.3 Å². The van der Waals surface area contributed by atoms with Gasteiger partial charge in [-0.1, -0.05) is 0 Å². The van der Waals surface area contributed by atoms with Crippen molar-refractivity contribution in [1.82, 2.24) is 4.90 Å². The van der Waals surface area contributed by atoms with Crippen LogP contribution in [0.1, 0.15) is 27.2 Å². The van der Waals surface area contributed by atoms with Crippen LogP contribution < -0.4 is 0 Å². The summed E-state index contributed by atoms with van der Waals surface area (Å²) in [4.78, 5) is 35.0. The van der Waals surface area contributed by atoms with Gasteiger partial charge in [-0.25, -0.2) is 9.59 Å². The minimum Gasteiger partial charge on any atom is -0.457 e. The average Bonchev–Trinajstić information content (AvgIpc) is 2.24. The minimum absolute atomic E-state index is 0.0359. The number of hydrogen-bond donors (Lipinski definition) is 0. The maximum Gasteiger partial charge on any atom is 0.414 e. The molecule has 0 atom stereocenters.